The fraction of sp³-hybridized carbons (Fsp3) is 0.125. The summed E-state index contributed by atoms with van der Waals surface area (Å²) in [5, 5.41) is 2.44. The van der Waals surface area contributed by atoms with Gasteiger partial charge in [0.1, 0.15) is 0 Å². The van der Waals surface area contributed by atoms with E-state index in [1.54, 1.807) is 0 Å². The number of hydrogen-bond acceptors (Lipinski definition) is 2. The van der Waals surface area contributed by atoms with Crippen LogP contribution in [0.5, 0.6) is 0 Å². The minimum absolute atomic E-state index is 0. The van der Waals surface area contributed by atoms with Crippen molar-refractivity contribution >= 4 is 28.5 Å². The standard InChI is InChI=1S/C8H6F3IN2O.H2O/c1-3-5(7(13)15)6(8(9,10)11)4(12)2-14-3;/h2,14H,1H2,(H2,13,15);1H2. The highest BCUT2D eigenvalue weighted by Gasteiger charge is 2.41. The third kappa shape index (κ3) is 2.76. The molecule has 16 heavy (non-hydrogen) atoms. The summed E-state index contributed by atoms with van der Waals surface area (Å²) in [7, 11) is 0. The minimum Gasteiger partial charge on any atom is -0.412 e. The van der Waals surface area contributed by atoms with Gasteiger partial charge < -0.3 is 16.5 Å². The molecule has 0 unspecified atom stereocenters. The molecular formula is C8H8F3IN2O2. The van der Waals surface area contributed by atoms with Crippen molar-refractivity contribution in [1.82, 2.24) is 5.32 Å². The number of alkyl halides is 3. The maximum atomic E-state index is 12.6. The number of nitrogens with two attached hydrogens (primary N) is 1. The smallest absolute Gasteiger partial charge is 0.412 e. The van der Waals surface area contributed by atoms with Crippen molar-refractivity contribution in [3.05, 3.63) is 33.2 Å². The number of amides is 1. The summed E-state index contributed by atoms with van der Waals surface area (Å²) in [5.74, 6) is -1.15. The van der Waals surface area contributed by atoms with Gasteiger partial charge in [-0.1, -0.05) is 6.58 Å². The monoisotopic (exact) mass is 348 g/mol. The molecule has 0 spiro atoms. The molecule has 1 aliphatic heterocycles. The molecule has 0 aromatic carbocycles. The first-order valence-corrected chi connectivity index (χ1v) is 4.76. The van der Waals surface area contributed by atoms with Crippen molar-refractivity contribution in [2.24, 2.45) is 5.73 Å². The lowest BCUT2D eigenvalue weighted by Crippen LogP contribution is -2.30. The van der Waals surface area contributed by atoms with Crippen LogP contribution < -0.4 is 11.1 Å². The Bertz CT molecular complexity index is 399. The molecule has 8 heteroatoms. The van der Waals surface area contributed by atoms with Crippen LogP contribution >= 0.6 is 22.6 Å². The Kier molecular flexibility index (Phi) is 4.56. The van der Waals surface area contributed by atoms with E-state index in [1.807, 2.05) is 0 Å². The number of primary amides is 1. The van der Waals surface area contributed by atoms with Gasteiger partial charge in [0.25, 0.3) is 5.91 Å². The normalized spacial score (nSPS) is 16.2. The highest BCUT2D eigenvalue weighted by atomic mass is 127. The molecule has 1 heterocycles. The van der Waals surface area contributed by atoms with Crippen molar-refractivity contribution in [2.45, 2.75) is 6.18 Å². The molecule has 0 saturated carbocycles. The van der Waals surface area contributed by atoms with Gasteiger partial charge >= 0.3 is 6.18 Å². The fourth-order valence-electron chi connectivity index (χ4n) is 1.11. The largest absolute Gasteiger partial charge is 0.418 e. The van der Waals surface area contributed by atoms with E-state index < -0.39 is 23.2 Å². The quantitative estimate of drug-likeness (QED) is 0.690. The van der Waals surface area contributed by atoms with Crippen molar-refractivity contribution < 1.29 is 23.4 Å². The maximum absolute atomic E-state index is 12.6. The topological polar surface area (TPSA) is 86.6 Å². The first-order valence-electron chi connectivity index (χ1n) is 3.68. The Morgan fingerprint density at radius 1 is 1.50 bits per heavy atom. The Hall–Kier alpha value is -1.03. The summed E-state index contributed by atoms with van der Waals surface area (Å²) in [6.45, 7) is 3.30. The highest BCUT2D eigenvalue weighted by Crippen LogP contribution is 2.39. The van der Waals surface area contributed by atoms with Gasteiger partial charge in [-0.05, 0) is 22.6 Å². The van der Waals surface area contributed by atoms with Crippen molar-refractivity contribution in [3.8, 4) is 0 Å². The van der Waals surface area contributed by atoms with Crippen molar-refractivity contribution in [3.63, 3.8) is 0 Å². The van der Waals surface area contributed by atoms with E-state index in [1.165, 1.54) is 22.6 Å². The van der Waals surface area contributed by atoms with Crippen LogP contribution in [0.25, 0.3) is 0 Å². The molecule has 0 bridgehead atoms. The average molecular weight is 348 g/mol. The number of carbonyl (C=O) groups is 1. The van der Waals surface area contributed by atoms with Gasteiger partial charge in [0, 0.05) is 15.5 Å². The van der Waals surface area contributed by atoms with Crippen molar-refractivity contribution in [2.75, 3.05) is 0 Å². The summed E-state index contributed by atoms with van der Waals surface area (Å²) >= 11 is 1.47. The first-order chi connectivity index (χ1) is 6.75. The van der Waals surface area contributed by atoms with E-state index in [-0.39, 0.29) is 14.8 Å². The summed E-state index contributed by atoms with van der Waals surface area (Å²) in [5.41, 5.74) is 3.08. The number of dihydropyridines is 1. The molecule has 1 aliphatic rings. The summed E-state index contributed by atoms with van der Waals surface area (Å²) in [6.07, 6.45) is -3.50. The molecule has 90 valence electrons. The van der Waals surface area contributed by atoms with Crippen LogP contribution in [-0.4, -0.2) is 17.6 Å². The molecule has 0 atom stereocenters. The lowest BCUT2D eigenvalue weighted by Gasteiger charge is -2.21. The molecule has 1 amide bonds. The molecule has 5 N–H and O–H groups in total. The van der Waals surface area contributed by atoms with Gasteiger partial charge in [-0.25, -0.2) is 0 Å². The van der Waals surface area contributed by atoms with E-state index >= 15 is 0 Å². The van der Waals surface area contributed by atoms with Crippen LogP contribution in [0.3, 0.4) is 0 Å². The Morgan fingerprint density at radius 3 is 2.31 bits per heavy atom. The van der Waals surface area contributed by atoms with E-state index in [9.17, 15) is 18.0 Å². The summed E-state index contributed by atoms with van der Waals surface area (Å²) < 4.78 is 37.7. The van der Waals surface area contributed by atoms with Gasteiger partial charge in [0.15, 0.2) is 0 Å². The zero-order valence-electron chi connectivity index (χ0n) is 7.78. The Labute approximate surface area is 103 Å². The van der Waals surface area contributed by atoms with Crippen LogP contribution in [0.15, 0.2) is 33.2 Å². The average Bonchev–Trinajstić information content (AvgIpc) is 2.05. The molecule has 0 aliphatic carbocycles. The van der Waals surface area contributed by atoms with Gasteiger partial charge in [-0.15, -0.1) is 0 Å². The SMILES string of the molecule is C=C1NC=C(I)C(C(F)(F)F)=C1C(N)=O.O. The number of allylic oxidation sites excluding steroid dienone is 2. The van der Waals surface area contributed by atoms with Gasteiger partial charge in [0.05, 0.1) is 11.1 Å². The van der Waals surface area contributed by atoms with Gasteiger partial charge in [-0.3, -0.25) is 4.79 Å². The zero-order valence-corrected chi connectivity index (χ0v) is 9.94. The van der Waals surface area contributed by atoms with Crippen LogP contribution in [-0.2, 0) is 4.79 Å². The number of rotatable bonds is 1. The number of carbonyl (C=O) groups excluding carboxylic acids is 1. The summed E-state index contributed by atoms with van der Waals surface area (Å²) in [6, 6.07) is 0. The first kappa shape index (κ1) is 15.0. The van der Waals surface area contributed by atoms with E-state index in [4.69, 9.17) is 5.73 Å². The third-order valence-electron chi connectivity index (χ3n) is 1.69. The second-order valence-electron chi connectivity index (χ2n) is 2.73. The molecule has 0 aromatic heterocycles. The molecule has 0 radical (unpaired) electrons. The number of halogens is 4. The third-order valence-corrected chi connectivity index (χ3v) is 2.54. The van der Waals surface area contributed by atoms with Crippen LogP contribution in [0.4, 0.5) is 13.2 Å². The van der Waals surface area contributed by atoms with Gasteiger partial charge in [-0.2, -0.15) is 13.2 Å². The predicted octanol–water partition coefficient (Wildman–Crippen LogP) is 0.899. The van der Waals surface area contributed by atoms with E-state index in [2.05, 4.69) is 11.9 Å². The van der Waals surface area contributed by atoms with Crippen LogP contribution in [0.2, 0.25) is 0 Å². The van der Waals surface area contributed by atoms with E-state index in [0.29, 0.717) is 0 Å². The molecule has 4 nitrogen and oxygen atoms in total. The fourth-order valence-corrected chi connectivity index (χ4v) is 1.85. The lowest BCUT2D eigenvalue weighted by atomic mass is 10.0. The lowest BCUT2D eigenvalue weighted by molar-refractivity contribution is -0.116. The second kappa shape index (κ2) is 4.87. The molecule has 1 rings (SSSR count). The molecule has 0 aromatic rings. The Morgan fingerprint density at radius 2 is 2.00 bits per heavy atom. The number of nitrogens with one attached hydrogen (secondary N) is 1. The zero-order chi connectivity index (χ0) is 11.8. The Balaban J connectivity index is 0.00000225. The van der Waals surface area contributed by atoms with Crippen molar-refractivity contribution in [1.29, 1.82) is 0 Å². The van der Waals surface area contributed by atoms with Crippen LogP contribution in [0, 0.1) is 0 Å². The van der Waals surface area contributed by atoms with Crippen LogP contribution in [0.1, 0.15) is 0 Å². The molecule has 0 fully saturated rings. The summed E-state index contributed by atoms with van der Waals surface area (Å²) in [4.78, 5) is 10.9. The highest BCUT2D eigenvalue weighted by molar-refractivity contribution is 14.1. The van der Waals surface area contributed by atoms with Gasteiger partial charge in [0.2, 0.25) is 0 Å². The minimum atomic E-state index is -4.62. The molecule has 0 saturated heterocycles. The second-order valence-corrected chi connectivity index (χ2v) is 3.89. The maximum Gasteiger partial charge on any atom is 0.418 e. The molecular weight excluding hydrogens is 340 g/mol. The number of hydrogen-bond donors (Lipinski definition) is 2. The van der Waals surface area contributed by atoms with E-state index in [0.717, 1.165) is 6.20 Å². The predicted molar refractivity (Wildman–Crippen MR) is 60.3 cm³/mol.